The van der Waals surface area contributed by atoms with Gasteiger partial charge in [-0.05, 0) is 30.2 Å². The van der Waals surface area contributed by atoms with Crippen LogP contribution < -0.4 is 4.74 Å². The molecule has 5 aromatic rings. The topological polar surface area (TPSA) is 89.1 Å². The second kappa shape index (κ2) is 7.36. The van der Waals surface area contributed by atoms with Crippen molar-refractivity contribution in [2.24, 2.45) is 0 Å². The summed E-state index contributed by atoms with van der Waals surface area (Å²) in [6.07, 6.45) is 1.55. The molecule has 0 aliphatic carbocycles. The highest BCUT2D eigenvalue weighted by molar-refractivity contribution is 6.02. The van der Waals surface area contributed by atoms with E-state index in [0.717, 1.165) is 45.0 Å². The minimum Gasteiger partial charge on any atom is -0.496 e. The molecular formula is C24H22N4O3. The number of aromatic amines is 1. The quantitative estimate of drug-likeness (QED) is 0.396. The van der Waals surface area contributed by atoms with Crippen molar-refractivity contribution in [2.45, 2.75) is 19.8 Å². The van der Waals surface area contributed by atoms with E-state index in [2.05, 4.69) is 29.2 Å². The lowest BCUT2D eigenvalue weighted by Crippen LogP contribution is -2.00. The Hall–Kier alpha value is -4.00. The smallest absolute Gasteiger partial charge is 0.222 e. The number of methoxy groups -OCH3 is 1. The summed E-state index contributed by atoms with van der Waals surface area (Å²) in [7, 11) is 1.65. The fourth-order valence-electron chi connectivity index (χ4n) is 3.99. The van der Waals surface area contributed by atoms with Crippen molar-refractivity contribution >= 4 is 10.9 Å². The van der Waals surface area contributed by atoms with Crippen LogP contribution in [0.2, 0.25) is 0 Å². The highest BCUT2D eigenvalue weighted by Crippen LogP contribution is 2.45. The van der Waals surface area contributed by atoms with Crippen molar-refractivity contribution in [1.82, 2.24) is 19.9 Å². The van der Waals surface area contributed by atoms with Crippen LogP contribution in [0.5, 0.6) is 11.6 Å². The lowest BCUT2D eigenvalue weighted by Gasteiger charge is -2.15. The average molecular weight is 414 g/mol. The van der Waals surface area contributed by atoms with Crippen LogP contribution in [0, 0.1) is 0 Å². The van der Waals surface area contributed by atoms with E-state index in [-0.39, 0.29) is 11.8 Å². The number of rotatable bonds is 5. The number of benzene rings is 2. The van der Waals surface area contributed by atoms with E-state index in [4.69, 9.17) is 9.26 Å². The minimum atomic E-state index is 0.101. The molecule has 156 valence electrons. The summed E-state index contributed by atoms with van der Waals surface area (Å²) in [6.45, 7) is 4.17. The van der Waals surface area contributed by atoms with Crippen LogP contribution in [0.3, 0.4) is 0 Å². The maximum absolute atomic E-state index is 11.2. The molecule has 7 nitrogen and oxygen atoms in total. The van der Waals surface area contributed by atoms with Gasteiger partial charge >= 0.3 is 0 Å². The number of hydrogen-bond donors (Lipinski definition) is 2. The van der Waals surface area contributed by atoms with E-state index in [1.165, 1.54) is 0 Å². The van der Waals surface area contributed by atoms with Crippen LogP contribution in [-0.2, 0) is 0 Å². The summed E-state index contributed by atoms with van der Waals surface area (Å²) >= 11 is 0. The number of ether oxygens (including phenoxy) is 1. The van der Waals surface area contributed by atoms with Crippen LogP contribution in [0.4, 0.5) is 0 Å². The normalized spacial score (nSPS) is 11.5. The number of aromatic nitrogens is 4. The van der Waals surface area contributed by atoms with Crippen molar-refractivity contribution in [3.05, 3.63) is 66.6 Å². The summed E-state index contributed by atoms with van der Waals surface area (Å²) in [5, 5.41) is 23.6. The number of H-pyrrole nitrogens is 1. The Morgan fingerprint density at radius 3 is 2.52 bits per heavy atom. The highest BCUT2D eigenvalue weighted by atomic mass is 16.5. The zero-order valence-electron chi connectivity index (χ0n) is 17.5. The van der Waals surface area contributed by atoms with Crippen molar-refractivity contribution in [2.75, 3.05) is 7.11 Å². The van der Waals surface area contributed by atoms with E-state index in [1.54, 1.807) is 13.4 Å². The summed E-state index contributed by atoms with van der Waals surface area (Å²) in [6, 6.07) is 17.4. The Balaban J connectivity index is 1.79. The molecule has 0 radical (unpaired) electrons. The van der Waals surface area contributed by atoms with Crippen LogP contribution >= 0.6 is 0 Å². The molecule has 0 spiro atoms. The zero-order valence-corrected chi connectivity index (χ0v) is 17.5. The third kappa shape index (κ3) is 2.97. The molecule has 0 atom stereocenters. The average Bonchev–Trinajstić information content (AvgIpc) is 3.52. The van der Waals surface area contributed by atoms with Crippen molar-refractivity contribution in [1.29, 1.82) is 0 Å². The van der Waals surface area contributed by atoms with Crippen molar-refractivity contribution < 1.29 is 14.4 Å². The van der Waals surface area contributed by atoms with E-state index < -0.39 is 0 Å². The van der Waals surface area contributed by atoms with Gasteiger partial charge in [0, 0.05) is 22.9 Å². The molecule has 0 amide bonds. The van der Waals surface area contributed by atoms with Gasteiger partial charge in [0.15, 0.2) is 0 Å². The molecular weight excluding hydrogens is 392 g/mol. The first-order valence-electron chi connectivity index (χ1n) is 10.1. The summed E-state index contributed by atoms with van der Waals surface area (Å²) in [5.41, 5.74) is 5.69. The highest BCUT2D eigenvalue weighted by Gasteiger charge is 2.27. The maximum Gasteiger partial charge on any atom is 0.222 e. The number of nitrogens with one attached hydrogen (secondary N) is 1. The molecule has 3 heterocycles. The maximum atomic E-state index is 11.2. The van der Waals surface area contributed by atoms with Gasteiger partial charge in [-0.2, -0.15) is 5.10 Å². The lowest BCUT2D eigenvalue weighted by molar-refractivity contribution is 0.416. The summed E-state index contributed by atoms with van der Waals surface area (Å²) in [5.74, 6) is 0.995. The molecule has 0 aliphatic rings. The molecule has 3 aromatic heterocycles. The second-order valence-electron chi connectivity index (χ2n) is 7.65. The van der Waals surface area contributed by atoms with Gasteiger partial charge in [-0.1, -0.05) is 43.3 Å². The first-order valence-corrected chi connectivity index (χ1v) is 10.1. The molecule has 7 heteroatoms. The van der Waals surface area contributed by atoms with E-state index in [1.807, 2.05) is 59.2 Å². The van der Waals surface area contributed by atoms with Crippen molar-refractivity contribution in [3.63, 3.8) is 0 Å². The van der Waals surface area contributed by atoms with Gasteiger partial charge in [0.1, 0.15) is 23.2 Å². The van der Waals surface area contributed by atoms with Crippen LogP contribution in [0.1, 0.15) is 25.5 Å². The molecule has 2 N–H and O–H groups in total. The zero-order chi connectivity index (χ0) is 21.5. The van der Waals surface area contributed by atoms with Gasteiger partial charge in [0.05, 0.1) is 23.9 Å². The Morgan fingerprint density at radius 2 is 1.84 bits per heavy atom. The second-order valence-corrected chi connectivity index (χ2v) is 7.65. The van der Waals surface area contributed by atoms with Crippen LogP contribution in [0.15, 0.2) is 65.4 Å². The van der Waals surface area contributed by atoms with Gasteiger partial charge in [0.25, 0.3) is 0 Å². The summed E-state index contributed by atoms with van der Waals surface area (Å²) < 4.78 is 12.4. The molecule has 0 bridgehead atoms. The predicted molar refractivity (Wildman–Crippen MR) is 119 cm³/mol. The molecule has 5 rings (SSSR count). The van der Waals surface area contributed by atoms with Crippen LogP contribution in [-0.4, -0.2) is 32.1 Å². The third-order valence-electron chi connectivity index (χ3n) is 5.46. The largest absolute Gasteiger partial charge is 0.496 e. The van der Waals surface area contributed by atoms with Gasteiger partial charge in [0.2, 0.25) is 5.88 Å². The SMILES string of the molecule is COc1ccccc1-c1c2c(C(C)C)n[nH]c2c(O)n1-c1ccc(-c2ccon2)cc1. The monoisotopic (exact) mass is 414 g/mol. The number of nitrogens with zero attached hydrogens (tertiary/aromatic N) is 3. The van der Waals surface area contributed by atoms with Gasteiger partial charge in [-0.3, -0.25) is 9.67 Å². The van der Waals surface area contributed by atoms with Gasteiger partial charge < -0.3 is 14.4 Å². The number of hydrogen-bond acceptors (Lipinski definition) is 5. The number of fused-ring (bicyclic) bond motifs is 1. The number of aromatic hydroxyl groups is 1. The standard InChI is InChI=1S/C24H22N4O3/c1-14(2)21-20-22(26-25-21)24(29)28(23(20)17-6-4-5-7-19(17)30-3)16-10-8-15(9-11-16)18-12-13-31-27-18/h4-14,26,29H,1-3H3. The lowest BCUT2D eigenvalue weighted by atomic mass is 10.0. The fraction of sp³-hybridized carbons (Fsp3) is 0.167. The Morgan fingerprint density at radius 1 is 1.06 bits per heavy atom. The van der Waals surface area contributed by atoms with E-state index in [9.17, 15) is 5.11 Å². The van der Waals surface area contributed by atoms with Crippen molar-refractivity contribution in [3.8, 4) is 39.8 Å². The molecule has 0 saturated heterocycles. The Labute approximate surface area is 178 Å². The Kier molecular flexibility index (Phi) is 4.51. The number of para-hydroxylation sites is 1. The first-order chi connectivity index (χ1) is 15.1. The van der Waals surface area contributed by atoms with Gasteiger partial charge in [-0.15, -0.1) is 0 Å². The van der Waals surface area contributed by atoms with Crippen LogP contribution in [0.25, 0.3) is 39.1 Å². The first kappa shape index (κ1) is 19.0. The van der Waals surface area contributed by atoms with E-state index in [0.29, 0.717) is 5.52 Å². The third-order valence-corrected chi connectivity index (χ3v) is 5.46. The molecule has 31 heavy (non-hydrogen) atoms. The molecule has 0 saturated carbocycles. The van der Waals surface area contributed by atoms with Gasteiger partial charge in [-0.25, -0.2) is 0 Å². The molecule has 2 aromatic carbocycles. The molecule has 0 aliphatic heterocycles. The van der Waals surface area contributed by atoms with E-state index >= 15 is 0 Å². The predicted octanol–water partition coefficient (Wildman–Crippen LogP) is 5.51. The molecule has 0 fully saturated rings. The minimum absolute atomic E-state index is 0.101. The Bertz CT molecular complexity index is 1350. The summed E-state index contributed by atoms with van der Waals surface area (Å²) in [4.78, 5) is 0. The molecule has 0 unspecified atom stereocenters. The fourth-order valence-corrected chi connectivity index (χ4v) is 3.99.